The van der Waals surface area contributed by atoms with E-state index in [1.165, 1.54) is 11.3 Å². The summed E-state index contributed by atoms with van der Waals surface area (Å²) in [6.07, 6.45) is 2.04. The van der Waals surface area contributed by atoms with Crippen molar-refractivity contribution in [2.45, 2.75) is 33.1 Å². The molecule has 2 rings (SSSR count). The lowest BCUT2D eigenvalue weighted by atomic mass is 9.99. The van der Waals surface area contributed by atoms with Crippen molar-refractivity contribution >= 4 is 28.2 Å². The van der Waals surface area contributed by atoms with E-state index < -0.39 is 5.97 Å². The molecule has 0 radical (unpaired) electrons. The number of anilines is 1. The summed E-state index contributed by atoms with van der Waals surface area (Å²) in [5.41, 5.74) is 1.06. The number of hydrogen-bond donors (Lipinski definition) is 2. The van der Waals surface area contributed by atoms with Crippen molar-refractivity contribution in [1.82, 2.24) is 0 Å². The number of carboxylic acid groups (broad SMARTS) is 1. The molecule has 1 aromatic rings. The summed E-state index contributed by atoms with van der Waals surface area (Å²) in [6, 6.07) is 0. The number of rotatable bonds is 4. The second-order valence-electron chi connectivity index (χ2n) is 4.88. The Bertz CT molecular complexity index is 517. The number of carbonyl (C=O) groups excluding carboxylic acids is 1. The molecule has 5 nitrogen and oxygen atoms in total. The Balaban J connectivity index is 2.20. The van der Waals surface area contributed by atoms with E-state index in [4.69, 9.17) is 4.74 Å². The minimum absolute atomic E-state index is 0.0853. The number of carbonyl (C=O) groups is 2. The quantitative estimate of drug-likeness (QED) is 0.896. The van der Waals surface area contributed by atoms with E-state index in [1.54, 1.807) is 0 Å². The Kier molecular flexibility index (Phi) is 4.77. The summed E-state index contributed by atoms with van der Waals surface area (Å²) in [5.74, 6) is -1.16. The fraction of sp³-hybridized carbons (Fsp3) is 0.571. The highest BCUT2D eigenvalue weighted by Gasteiger charge is 2.26. The van der Waals surface area contributed by atoms with Gasteiger partial charge in [-0.3, -0.25) is 4.79 Å². The molecular weight excluding hydrogens is 278 g/mol. The highest BCUT2D eigenvalue weighted by Crippen LogP contribution is 2.34. The summed E-state index contributed by atoms with van der Waals surface area (Å²) >= 11 is 1.34. The van der Waals surface area contributed by atoms with Gasteiger partial charge in [0.1, 0.15) is 5.00 Å². The molecule has 1 saturated heterocycles. The average molecular weight is 297 g/mol. The van der Waals surface area contributed by atoms with E-state index in [0.29, 0.717) is 37.5 Å². The maximum Gasteiger partial charge on any atom is 0.339 e. The number of thiophene rings is 1. The lowest BCUT2D eigenvalue weighted by Crippen LogP contribution is -2.28. The molecule has 0 unspecified atom stereocenters. The lowest BCUT2D eigenvalue weighted by molar-refractivity contribution is -0.122. The molecule has 0 saturated carbocycles. The van der Waals surface area contributed by atoms with Gasteiger partial charge >= 0.3 is 5.97 Å². The fourth-order valence-corrected chi connectivity index (χ4v) is 3.63. The van der Waals surface area contributed by atoms with Gasteiger partial charge in [0.2, 0.25) is 5.91 Å². The number of amides is 1. The third-order valence-electron chi connectivity index (χ3n) is 3.61. The van der Waals surface area contributed by atoms with Gasteiger partial charge in [-0.05, 0) is 31.7 Å². The SMILES string of the molecule is CCc1c(C)sc(NC(=O)C2CCOCC2)c1C(=O)O. The van der Waals surface area contributed by atoms with Gasteiger partial charge < -0.3 is 15.2 Å². The normalized spacial score (nSPS) is 16.1. The molecule has 2 heterocycles. The van der Waals surface area contributed by atoms with Crippen LogP contribution in [-0.4, -0.2) is 30.2 Å². The van der Waals surface area contributed by atoms with Crippen molar-refractivity contribution in [3.05, 3.63) is 16.0 Å². The first-order chi connectivity index (χ1) is 9.54. The highest BCUT2D eigenvalue weighted by molar-refractivity contribution is 7.16. The Hall–Kier alpha value is -1.40. The minimum Gasteiger partial charge on any atom is -0.478 e. The molecule has 2 N–H and O–H groups in total. The summed E-state index contributed by atoms with van der Waals surface area (Å²) in [6.45, 7) is 4.99. The smallest absolute Gasteiger partial charge is 0.339 e. The van der Waals surface area contributed by atoms with E-state index in [2.05, 4.69) is 5.32 Å². The molecule has 1 aromatic heterocycles. The Morgan fingerprint density at radius 3 is 2.60 bits per heavy atom. The van der Waals surface area contributed by atoms with Gasteiger partial charge in [0.25, 0.3) is 0 Å². The monoisotopic (exact) mass is 297 g/mol. The van der Waals surface area contributed by atoms with Crippen molar-refractivity contribution < 1.29 is 19.4 Å². The Morgan fingerprint density at radius 2 is 2.05 bits per heavy atom. The third kappa shape index (κ3) is 3.02. The zero-order valence-corrected chi connectivity index (χ0v) is 12.5. The van der Waals surface area contributed by atoms with Crippen molar-refractivity contribution in [1.29, 1.82) is 0 Å². The van der Waals surface area contributed by atoms with Crippen LogP contribution in [0.5, 0.6) is 0 Å². The largest absolute Gasteiger partial charge is 0.478 e. The van der Waals surface area contributed by atoms with Crippen molar-refractivity contribution in [2.75, 3.05) is 18.5 Å². The van der Waals surface area contributed by atoms with Gasteiger partial charge in [-0.15, -0.1) is 11.3 Å². The number of ether oxygens (including phenoxy) is 1. The summed E-state index contributed by atoms with van der Waals surface area (Å²) in [7, 11) is 0. The molecule has 6 heteroatoms. The molecule has 0 bridgehead atoms. The highest BCUT2D eigenvalue weighted by atomic mass is 32.1. The molecule has 1 fully saturated rings. The van der Waals surface area contributed by atoms with Crippen molar-refractivity contribution in [2.24, 2.45) is 5.92 Å². The standard InChI is InChI=1S/C14H19NO4S/c1-3-10-8(2)20-13(11(10)14(17)18)15-12(16)9-4-6-19-7-5-9/h9H,3-7H2,1-2H3,(H,15,16)(H,17,18). The lowest BCUT2D eigenvalue weighted by Gasteiger charge is -2.21. The first-order valence-electron chi connectivity index (χ1n) is 6.78. The molecule has 0 spiro atoms. The van der Waals surface area contributed by atoms with Gasteiger partial charge in [0, 0.05) is 24.0 Å². The predicted molar refractivity (Wildman–Crippen MR) is 77.6 cm³/mol. The second-order valence-corrected chi connectivity index (χ2v) is 6.10. The topological polar surface area (TPSA) is 75.6 Å². The summed E-state index contributed by atoms with van der Waals surface area (Å²) in [4.78, 5) is 24.6. The van der Waals surface area contributed by atoms with Crippen molar-refractivity contribution in [3.8, 4) is 0 Å². The van der Waals surface area contributed by atoms with Gasteiger partial charge in [0.05, 0.1) is 5.56 Å². The Labute approximate surface area is 121 Å². The van der Waals surface area contributed by atoms with Crippen LogP contribution in [0, 0.1) is 12.8 Å². The van der Waals surface area contributed by atoms with Crippen LogP contribution in [0.2, 0.25) is 0 Å². The van der Waals surface area contributed by atoms with E-state index in [-0.39, 0.29) is 17.4 Å². The zero-order chi connectivity index (χ0) is 14.7. The number of carboxylic acids is 1. The van der Waals surface area contributed by atoms with Crippen LogP contribution in [0.4, 0.5) is 5.00 Å². The van der Waals surface area contributed by atoms with Gasteiger partial charge in [-0.1, -0.05) is 6.92 Å². The van der Waals surface area contributed by atoms with E-state index in [9.17, 15) is 14.7 Å². The molecule has 0 atom stereocenters. The van der Waals surface area contributed by atoms with E-state index in [1.807, 2.05) is 13.8 Å². The first-order valence-corrected chi connectivity index (χ1v) is 7.60. The second kappa shape index (κ2) is 6.37. The predicted octanol–water partition coefficient (Wildman–Crippen LogP) is 2.68. The zero-order valence-electron chi connectivity index (χ0n) is 11.7. The van der Waals surface area contributed by atoms with Gasteiger partial charge in [-0.2, -0.15) is 0 Å². The third-order valence-corrected chi connectivity index (χ3v) is 4.67. The maximum atomic E-state index is 12.2. The van der Waals surface area contributed by atoms with Crippen LogP contribution >= 0.6 is 11.3 Å². The van der Waals surface area contributed by atoms with Crippen LogP contribution < -0.4 is 5.32 Å². The van der Waals surface area contributed by atoms with E-state index in [0.717, 1.165) is 10.4 Å². The first kappa shape index (κ1) is 15.0. The number of hydrogen-bond acceptors (Lipinski definition) is 4. The van der Waals surface area contributed by atoms with Crippen LogP contribution in [0.25, 0.3) is 0 Å². The van der Waals surface area contributed by atoms with Crippen molar-refractivity contribution in [3.63, 3.8) is 0 Å². The summed E-state index contributed by atoms with van der Waals surface area (Å²) in [5, 5.41) is 12.6. The number of aryl methyl sites for hydroxylation is 1. The van der Waals surface area contributed by atoms with Crippen LogP contribution in [-0.2, 0) is 16.0 Å². The average Bonchev–Trinajstić information content (AvgIpc) is 2.75. The van der Waals surface area contributed by atoms with Crippen LogP contribution in [0.3, 0.4) is 0 Å². The molecule has 0 aliphatic carbocycles. The van der Waals surface area contributed by atoms with E-state index >= 15 is 0 Å². The van der Waals surface area contributed by atoms with Gasteiger partial charge in [0.15, 0.2) is 0 Å². The van der Waals surface area contributed by atoms with Gasteiger partial charge in [-0.25, -0.2) is 4.79 Å². The molecule has 1 amide bonds. The van der Waals surface area contributed by atoms with Crippen LogP contribution in [0.15, 0.2) is 0 Å². The molecule has 1 aliphatic heterocycles. The maximum absolute atomic E-state index is 12.2. The minimum atomic E-state index is -0.978. The molecule has 110 valence electrons. The summed E-state index contributed by atoms with van der Waals surface area (Å²) < 4.78 is 5.23. The molecule has 0 aromatic carbocycles. The molecule has 20 heavy (non-hydrogen) atoms. The fourth-order valence-electron chi connectivity index (χ4n) is 2.49. The van der Waals surface area contributed by atoms with Crippen LogP contribution in [0.1, 0.15) is 40.6 Å². The number of aromatic carboxylic acids is 1. The molecular formula is C14H19NO4S. The molecule has 1 aliphatic rings. The Morgan fingerprint density at radius 1 is 1.40 bits per heavy atom. The number of nitrogens with one attached hydrogen (secondary N) is 1.